The number of rotatable bonds is 5. The van der Waals surface area contributed by atoms with Crippen LogP contribution in [0.1, 0.15) is 63.9 Å². The lowest BCUT2D eigenvalue weighted by molar-refractivity contribution is 0.0896. The molecule has 0 radical (unpaired) electrons. The van der Waals surface area contributed by atoms with E-state index in [2.05, 4.69) is 39.9 Å². The van der Waals surface area contributed by atoms with Gasteiger partial charge in [0.05, 0.1) is 0 Å². The highest BCUT2D eigenvalue weighted by atomic mass is 16.1. The van der Waals surface area contributed by atoms with Crippen molar-refractivity contribution in [2.24, 2.45) is 11.7 Å². The van der Waals surface area contributed by atoms with Gasteiger partial charge in [-0.05, 0) is 36.3 Å². The Kier molecular flexibility index (Phi) is 5.57. The maximum absolute atomic E-state index is 12.7. The van der Waals surface area contributed by atoms with E-state index in [4.69, 9.17) is 5.73 Å². The maximum atomic E-state index is 12.7. The molecule has 0 aromatic heterocycles. The summed E-state index contributed by atoms with van der Waals surface area (Å²) in [7, 11) is 0. The third-order valence-corrected chi connectivity index (χ3v) is 3.70. The number of hydrogen-bond acceptors (Lipinski definition) is 2. The summed E-state index contributed by atoms with van der Waals surface area (Å²) in [6.45, 7) is 13.1. The number of amides is 1. The molecule has 21 heavy (non-hydrogen) atoms. The van der Waals surface area contributed by atoms with Crippen molar-refractivity contribution in [1.82, 2.24) is 5.32 Å². The predicted molar refractivity (Wildman–Crippen MR) is 89.5 cm³/mol. The Labute approximate surface area is 129 Å². The number of nitrogens with one attached hydrogen (secondary N) is 1. The quantitative estimate of drug-likeness (QED) is 0.872. The van der Waals surface area contributed by atoms with Crippen molar-refractivity contribution >= 4 is 5.91 Å². The Hall–Kier alpha value is -1.35. The second-order valence-electron chi connectivity index (χ2n) is 7.61. The minimum atomic E-state index is -0.365. The van der Waals surface area contributed by atoms with Crippen LogP contribution >= 0.6 is 0 Å². The van der Waals surface area contributed by atoms with Crippen molar-refractivity contribution in [3.8, 4) is 0 Å². The Balaban J connectivity index is 3.05. The van der Waals surface area contributed by atoms with E-state index < -0.39 is 0 Å². The van der Waals surface area contributed by atoms with E-state index in [1.807, 2.05) is 31.2 Å². The molecule has 1 amide bonds. The summed E-state index contributed by atoms with van der Waals surface area (Å²) < 4.78 is 0. The smallest absolute Gasteiger partial charge is 0.252 e. The fourth-order valence-corrected chi connectivity index (χ4v) is 2.76. The molecule has 0 heterocycles. The molecular weight excluding hydrogens is 260 g/mol. The highest BCUT2D eigenvalue weighted by molar-refractivity contribution is 5.96. The molecule has 1 aromatic carbocycles. The summed E-state index contributed by atoms with van der Waals surface area (Å²) in [5.74, 6) is 0.450. The van der Waals surface area contributed by atoms with Crippen molar-refractivity contribution in [2.75, 3.05) is 6.54 Å². The van der Waals surface area contributed by atoms with Crippen LogP contribution in [-0.2, 0) is 5.41 Å². The molecule has 3 N–H and O–H groups in total. The molecule has 0 saturated carbocycles. The molecule has 0 spiro atoms. The van der Waals surface area contributed by atoms with Gasteiger partial charge < -0.3 is 11.1 Å². The zero-order valence-electron chi connectivity index (χ0n) is 14.3. The van der Waals surface area contributed by atoms with Gasteiger partial charge in [-0.2, -0.15) is 0 Å². The molecule has 0 saturated heterocycles. The first-order chi connectivity index (χ1) is 9.59. The molecule has 118 valence electrons. The monoisotopic (exact) mass is 290 g/mol. The van der Waals surface area contributed by atoms with E-state index in [0.29, 0.717) is 12.5 Å². The molecule has 0 bridgehead atoms. The lowest BCUT2D eigenvalue weighted by Gasteiger charge is -2.32. The standard InChI is InChI=1S/C18H30N2O/c1-13(2)11-18(6,12-19)20-16(21)14-9-7-8-10-15(14)17(3,4)5/h7-10,13H,11-12,19H2,1-6H3,(H,20,21). The fraction of sp³-hybridized carbons (Fsp3) is 0.611. The van der Waals surface area contributed by atoms with Crippen LogP contribution < -0.4 is 11.1 Å². The molecule has 1 rings (SSSR count). The normalized spacial score (nSPS) is 14.9. The van der Waals surface area contributed by atoms with E-state index in [1.54, 1.807) is 0 Å². The van der Waals surface area contributed by atoms with Crippen LogP contribution in [0.3, 0.4) is 0 Å². The summed E-state index contributed by atoms with van der Waals surface area (Å²) in [4.78, 5) is 12.7. The zero-order chi connectivity index (χ0) is 16.3. The van der Waals surface area contributed by atoms with Crippen molar-refractivity contribution in [1.29, 1.82) is 0 Å². The molecule has 1 unspecified atom stereocenters. The Morgan fingerprint density at radius 1 is 1.19 bits per heavy atom. The lowest BCUT2D eigenvalue weighted by Crippen LogP contribution is -2.52. The number of hydrogen-bond donors (Lipinski definition) is 2. The molecule has 1 aromatic rings. The van der Waals surface area contributed by atoms with Gasteiger partial charge in [-0.25, -0.2) is 0 Å². The SMILES string of the molecule is CC(C)CC(C)(CN)NC(=O)c1ccccc1C(C)(C)C. The average molecular weight is 290 g/mol. The van der Waals surface area contributed by atoms with Gasteiger partial charge in [0, 0.05) is 17.6 Å². The van der Waals surface area contributed by atoms with Crippen LogP contribution in [0.5, 0.6) is 0 Å². The van der Waals surface area contributed by atoms with Gasteiger partial charge in [-0.15, -0.1) is 0 Å². The molecule has 0 aliphatic rings. The van der Waals surface area contributed by atoms with Gasteiger partial charge in [0.1, 0.15) is 0 Å². The molecular formula is C18H30N2O. The van der Waals surface area contributed by atoms with Crippen molar-refractivity contribution in [3.63, 3.8) is 0 Å². The van der Waals surface area contributed by atoms with E-state index in [1.165, 1.54) is 0 Å². The minimum Gasteiger partial charge on any atom is -0.346 e. The molecule has 3 nitrogen and oxygen atoms in total. The number of benzene rings is 1. The average Bonchev–Trinajstić information content (AvgIpc) is 2.36. The molecule has 0 aliphatic carbocycles. The van der Waals surface area contributed by atoms with Crippen LogP contribution in [-0.4, -0.2) is 18.0 Å². The van der Waals surface area contributed by atoms with Gasteiger partial charge in [-0.1, -0.05) is 52.8 Å². The Bertz CT molecular complexity index is 488. The number of carbonyl (C=O) groups is 1. The number of carbonyl (C=O) groups excluding carboxylic acids is 1. The second-order valence-corrected chi connectivity index (χ2v) is 7.61. The summed E-state index contributed by atoms with van der Waals surface area (Å²) >= 11 is 0. The molecule has 1 atom stereocenters. The van der Waals surface area contributed by atoms with Crippen LogP contribution in [0.4, 0.5) is 0 Å². The van der Waals surface area contributed by atoms with E-state index in [0.717, 1.165) is 17.5 Å². The first-order valence-corrected chi connectivity index (χ1v) is 7.71. The first kappa shape index (κ1) is 17.7. The zero-order valence-corrected chi connectivity index (χ0v) is 14.3. The third kappa shape index (κ3) is 4.85. The van der Waals surface area contributed by atoms with Crippen LogP contribution in [0.25, 0.3) is 0 Å². The van der Waals surface area contributed by atoms with Crippen LogP contribution in [0, 0.1) is 5.92 Å². The highest BCUT2D eigenvalue weighted by Crippen LogP contribution is 2.26. The fourth-order valence-electron chi connectivity index (χ4n) is 2.76. The minimum absolute atomic E-state index is 0.0332. The van der Waals surface area contributed by atoms with Gasteiger partial charge >= 0.3 is 0 Å². The predicted octanol–water partition coefficient (Wildman–Crippen LogP) is 3.48. The molecule has 0 aliphatic heterocycles. The van der Waals surface area contributed by atoms with E-state index >= 15 is 0 Å². The summed E-state index contributed by atoms with van der Waals surface area (Å²) in [5, 5.41) is 3.14. The van der Waals surface area contributed by atoms with Crippen molar-refractivity contribution in [2.45, 2.75) is 58.9 Å². The van der Waals surface area contributed by atoms with E-state index in [9.17, 15) is 4.79 Å². The van der Waals surface area contributed by atoms with Crippen molar-refractivity contribution in [3.05, 3.63) is 35.4 Å². The maximum Gasteiger partial charge on any atom is 0.252 e. The van der Waals surface area contributed by atoms with Gasteiger partial charge in [0.15, 0.2) is 0 Å². The van der Waals surface area contributed by atoms with Gasteiger partial charge in [-0.3, -0.25) is 4.79 Å². The third-order valence-electron chi connectivity index (χ3n) is 3.70. The summed E-state index contributed by atoms with van der Waals surface area (Å²) in [5.41, 5.74) is 7.27. The molecule has 0 fully saturated rings. The first-order valence-electron chi connectivity index (χ1n) is 7.71. The van der Waals surface area contributed by atoms with Gasteiger partial charge in [0.25, 0.3) is 5.91 Å². The largest absolute Gasteiger partial charge is 0.346 e. The summed E-state index contributed by atoms with van der Waals surface area (Å²) in [6, 6.07) is 7.80. The lowest BCUT2D eigenvalue weighted by atomic mass is 9.83. The number of nitrogens with two attached hydrogens (primary N) is 1. The van der Waals surface area contributed by atoms with E-state index in [-0.39, 0.29) is 16.9 Å². The molecule has 3 heteroatoms. The van der Waals surface area contributed by atoms with Crippen LogP contribution in [0.2, 0.25) is 0 Å². The summed E-state index contributed by atoms with van der Waals surface area (Å²) in [6.07, 6.45) is 0.868. The highest BCUT2D eigenvalue weighted by Gasteiger charge is 2.28. The Morgan fingerprint density at radius 3 is 2.24 bits per heavy atom. The topological polar surface area (TPSA) is 55.1 Å². The second kappa shape index (κ2) is 6.61. The van der Waals surface area contributed by atoms with Crippen molar-refractivity contribution < 1.29 is 4.79 Å². The Morgan fingerprint density at radius 2 is 1.76 bits per heavy atom. The van der Waals surface area contributed by atoms with Gasteiger partial charge in [0.2, 0.25) is 0 Å². The van der Waals surface area contributed by atoms with Crippen LogP contribution in [0.15, 0.2) is 24.3 Å².